The van der Waals surface area contributed by atoms with E-state index in [1.165, 1.54) is 23.5 Å². The number of halogens is 3. The lowest BCUT2D eigenvalue weighted by Crippen LogP contribution is -2.54. The lowest BCUT2D eigenvalue weighted by molar-refractivity contribution is -0.137. The molecule has 2 heterocycles. The van der Waals surface area contributed by atoms with Gasteiger partial charge in [-0.3, -0.25) is 14.4 Å². The Morgan fingerprint density at radius 1 is 1.09 bits per heavy atom. The highest BCUT2D eigenvalue weighted by Gasteiger charge is 2.36. The molecule has 184 valence electrons. The van der Waals surface area contributed by atoms with E-state index < -0.39 is 17.8 Å². The predicted molar refractivity (Wildman–Crippen MR) is 124 cm³/mol. The molecule has 1 aliphatic rings. The molecule has 3 rings (SSSR count). The van der Waals surface area contributed by atoms with Crippen LogP contribution >= 0.6 is 11.3 Å². The van der Waals surface area contributed by atoms with E-state index in [9.17, 15) is 27.6 Å². The van der Waals surface area contributed by atoms with E-state index in [1.807, 2.05) is 13.8 Å². The number of piperidine rings is 1. The van der Waals surface area contributed by atoms with Crippen molar-refractivity contribution in [3.8, 4) is 0 Å². The maximum Gasteiger partial charge on any atom is 0.416 e. The molecule has 6 nitrogen and oxygen atoms in total. The van der Waals surface area contributed by atoms with Crippen LogP contribution in [0.25, 0.3) is 0 Å². The van der Waals surface area contributed by atoms with E-state index in [0.29, 0.717) is 43.9 Å². The lowest BCUT2D eigenvalue weighted by atomic mass is 9.88. The van der Waals surface area contributed by atoms with Gasteiger partial charge in [0.15, 0.2) is 0 Å². The van der Waals surface area contributed by atoms with Gasteiger partial charge in [-0.2, -0.15) is 13.2 Å². The van der Waals surface area contributed by atoms with Crippen molar-refractivity contribution < 1.29 is 27.6 Å². The van der Waals surface area contributed by atoms with Crippen LogP contribution in [-0.4, -0.2) is 59.7 Å². The van der Waals surface area contributed by atoms with Crippen LogP contribution in [0.15, 0.2) is 41.8 Å². The number of amides is 3. The van der Waals surface area contributed by atoms with E-state index in [4.69, 9.17) is 0 Å². The zero-order chi connectivity index (χ0) is 24.9. The molecule has 2 aromatic rings. The smallest absolute Gasteiger partial charge is 0.341 e. The van der Waals surface area contributed by atoms with Crippen molar-refractivity contribution in [3.63, 3.8) is 0 Å². The van der Waals surface area contributed by atoms with Gasteiger partial charge in [0.2, 0.25) is 5.91 Å². The van der Waals surface area contributed by atoms with Gasteiger partial charge in [0.05, 0.1) is 10.4 Å². The van der Waals surface area contributed by atoms with Crippen LogP contribution in [0.4, 0.5) is 13.2 Å². The van der Waals surface area contributed by atoms with E-state index >= 15 is 0 Å². The molecule has 0 saturated carbocycles. The molecule has 0 spiro atoms. The van der Waals surface area contributed by atoms with Crippen LogP contribution in [0, 0.1) is 5.92 Å². The summed E-state index contributed by atoms with van der Waals surface area (Å²) in [6.45, 7) is 5.50. The number of nitrogens with one attached hydrogen (secondary N) is 1. The summed E-state index contributed by atoms with van der Waals surface area (Å²) in [5.41, 5.74) is -0.616. The van der Waals surface area contributed by atoms with E-state index in [1.54, 1.807) is 27.3 Å². The Morgan fingerprint density at radius 3 is 2.21 bits per heavy atom. The highest BCUT2D eigenvalue weighted by molar-refractivity contribution is 7.12. The Balaban J connectivity index is 1.69. The molecule has 0 bridgehead atoms. The number of thiophene rings is 1. The van der Waals surface area contributed by atoms with Gasteiger partial charge in [-0.05, 0) is 68.3 Å². The molecule has 0 radical (unpaired) electrons. The summed E-state index contributed by atoms with van der Waals surface area (Å²) in [5, 5.41) is 4.70. The van der Waals surface area contributed by atoms with Crippen LogP contribution in [0.2, 0.25) is 0 Å². The van der Waals surface area contributed by atoms with Crippen LogP contribution in [-0.2, 0) is 11.0 Å². The van der Waals surface area contributed by atoms with Crippen LogP contribution in [0.3, 0.4) is 0 Å². The number of rotatable bonds is 7. The van der Waals surface area contributed by atoms with E-state index in [2.05, 4.69) is 5.32 Å². The zero-order valence-corrected chi connectivity index (χ0v) is 19.9. The minimum Gasteiger partial charge on any atom is -0.341 e. The summed E-state index contributed by atoms with van der Waals surface area (Å²) in [6, 6.07) is 6.93. The highest BCUT2D eigenvalue weighted by Crippen LogP contribution is 2.30. The Labute approximate surface area is 200 Å². The summed E-state index contributed by atoms with van der Waals surface area (Å²) < 4.78 is 38.4. The van der Waals surface area contributed by atoms with Crippen molar-refractivity contribution in [2.75, 3.05) is 26.2 Å². The summed E-state index contributed by atoms with van der Waals surface area (Å²) in [7, 11) is 0. The first-order valence-corrected chi connectivity index (χ1v) is 12.1. The van der Waals surface area contributed by atoms with Crippen molar-refractivity contribution in [2.45, 2.75) is 38.9 Å². The molecule has 1 fully saturated rings. The molecule has 1 saturated heterocycles. The second kappa shape index (κ2) is 11.0. The van der Waals surface area contributed by atoms with Gasteiger partial charge in [-0.25, -0.2) is 0 Å². The van der Waals surface area contributed by atoms with Gasteiger partial charge in [0.25, 0.3) is 11.8 Å². The number of hydrogen-bond donors (Lipinski definition) is 1. The summed E-state index contributed by atoms with van der Waals surface area (Å²) in [4.78, 5) is 42.5. The summed E-state index contributed by atoms with van der Waals surface area (Å²) in [5.74, 6) is -0.957. The summed E-state index contributed by atoms with van der Waals surface area (Å²) >= 11 is 1.30. The fourth-order valence-electron chi connectivity index (χ4n) is 4.15. The predicted octanol–water partition coefficient (Wildman–Crippen LogP) is 4.29. The van der Waals surface area contributed by atoms with Crippen molar-refractivity contribution in [1.82, 2.24) is 15.1 Å². The number of nitrogens with zero attached hydrogens (tertiary/aromatic N) is 2. The van der Waals surface area contributed by atoms with Crippen LogP contribution < -0.4 is 5.32 Å². The molecule has 1 aromatic heterocycles. The number of carbonyl (C=O) groups is 3. The third-order valence-electron chi connectivity index (χ3n) is 6.13. The molecule has 10 heteroatoms. The number of hydrogen-bond acceptors (Lipinski definition) is 4. The first kappa shape index (κ1) is 25.7. The minimum atomic E-state index is -4.46. The highest BCUT2D eigenvalue weighted by atomic mass is 32.1. The number of benzene rings is 1. The van der Waals surface area contributed by atoms with Gasteiger partial charge in [-0.15, -0.1) is 11.3 Å². The monoisotopic (exact) mass is 495 g/mol. The molecule has 1 aliphatic heterocycles. The molecule has 1 aromatic carbocycles. The Kier molecular flexibility index (Phi) is 8.35. The van der Waals surface area contributed by atoms with Gasteiger partial charge in [-0.1, -0.05) is 6.07 Å². The van der Waals surface area contributed by atoms with Crippen molar-refractivity contribution in [1.29, 1.82) is 0 Å². The Bertz CT molecular complexity index is 981. The fraction of sp³-hybridized carbons (Fsp3) is 0.458. The first-order chi connectivity index (χ1) is 16.2. The minimum absolute atomic E-state index is 0.151. The SMILES string of the molecule is CCN(CC)C(=O)[C@@H](NC(=O)c1cccs1)C1CCN(C(=O)c2ccc(C(F)(F)F)cc2)CC1. The molecule has 1 N–H and O–H groups in total. The fourth-order valence-corrected chi connectivity index (χ4v) is 4.78. The number of carbonyl (C=O) groups excluding carboxylic acids is 3. The molecule has 0 unspecified atom stereocenters. The molecular formula is C24H28F3N3O3S. The van der Waals surface area contributed by atoms with Crippen LogP contribution in [0.5, 0.6) is 0 Å². The molecular weight excluding hydrogens is 467 g/mol. The third-order valence-corrected chi connectivity index (χ3v) is 7.00. The second-order valence-electron chi connectivity index (χ2n) is 8.14. The molecule has 1 atom stereocenters. The van der Waals surface area contributed by atoms with E-state index in [-0.39, 0.29) is 29.2 Å². The van der Waals surface area contributed by atoms with Gasteiger partial charge in [0, 0.05) is 31.7 Å². The zero-order valence-electron chi connectivity index (χ0n) is 19.1. The normalized spacial score (nSPS) is 15.6. The second-order valence-corrected chi connectivity index (χ2v) is 9.09. The summed E-state index contributed by atoms with van der Waals surface area (Å²) in [6.07, 6.45) is -3.47. The van der Waals surface area contributed by atoms with Crippen molar-refractivity contribution >= 4 is 29.1 Å². The maximum atomic E-state index is 13.2. The maximum absolute atomic E-state index is 13.2. The van der Waals surface area contributed by atoms with Crippen molar-refractivity contribution in [2.24, 2.45) is 5.92 Å². The average Bonchev–Trinajstić information content (AvgIpc) is 3.37. The Morgan fingerprint density at radius 2 is 1.71 bits per heavy atom. The standard InChI is InChI=1S/C24H28F3N3O3S/c1-3-29(4-2)23(33)20(28-21(31)19-6-5-15-34-19)16-11-13-30(14-12-16)22(32)17-7-9-18(10-8-17)24(25,26)27/h5-10,15-16,20H,3-4,11-14H2,1-2H3,(H,28,31)/t20-/m0/s1. The van der Waals surface area contributed by atoms with Gasteiger partial charge < -0.3 is 15.1 Å². The largest absolute Gasteiger partial charge is 0.416 e. The molecule has 34 heavy (non-hydrogen) atoms. The first-order valence-electron chi connectivity index (χ1n) is 11.2. The Hall–Kier alpha value is -2.88. The molecule has 3 amide bonds. The number of likely N-dealkylation sites (N-methyl/N-ethyl adjacent to an activating group) is 1. The number of likely N-dealkylation sites (tertiary alicyclic amines) is 1. The van der Waals surface area contributed by atoms with E-state index in [0.717, 1.165) is 12.1 Å². The lowest BCUT2D eigenvalue weighted by Gasteiger charge is -2.37. The van der Waals surface area contributed by atoms with Crippen molar-refractivity contribution in [3.05, 3.63) is 57.8 Å². The van der Waals surface area contributed by atoms with Crippen LogP contribution in [0.1, 0.15) is 52.3 Å². The topological polar surface area (TPSA) is 69.7 Å². The average molecular weight is 496 g/mol. The van der Waals surface area contributed by atoms with Gasteiger partial charge >= 0.3 is 6.18 Å². The number of alkyl halides is 3. The molecule has 0 aliphatic carbocycles. The van der Waals surface area contributed by atoms with Gasteiger partial charge in [0.1, 0.15) is 6.04 Å². The quantitative estimate of drug-likeness (QED) is 0.623. The third kappa shape index (κ3) is 5.97.